The first kappa shape index (κ1) is 19.9. The second-order valence-electron chi connectivity index (χ2n) is 6.80. The number of ether oxygens (including phenoxy) is 2. The Morgan fingerprint density at radius 1 is 1.14 bits per heavy atom. The lowest BCUT2D eigenvalue weighted by Gasteiger charge is -2.27. The molecule has 1 heterocycles. The van der Waals surface area contributed by atoms with E-state index in [1.165, 1.54) is 0 Å². The summed E-state index contributed by atoms with van der Waals surface area (Å²) in [5, 5.41) is 2.90. The molecule has 148 valence electrons. The summed E-state index contributed by atoms with van der Waals surface area (Å²) in [4.78, 5) is 27.0. The van der Waals surface area contributed by atoms with Crippen molar-refractivity contribution in [2.24, 2.45) is 0 Å². The molecule has 28 heavy (non-hydrogen) atoms. The molecule has 6 nitrogen and oxygen atoms in total. The van der Waals surface area contributed by atoms with Crippen LogP contribution in [-0.2, 0) is 16.0 Å². The molecule has 2 amide bonds. The van der Waals surface area contributed by atoms with Gasteiger partial charge in [-0.25, -0.2) is 0 Å². The van der Waals surface area contributed by atoms with E-state index in [9.17, 15) is 9.59 Å². The largest absolute Gasteiger partial charge is 0.496 e. The van der Waals surface area contributed by atoms with Gasteiger partial charge in [-0.3, -0.25) is 9.59 Å². The molecule has 2 aromatic carbocycles. The smallest absolute Gasteiger partial charge is 0.256 e. The van der Waals surface area contributed by atoms with Gasteiger partial charge in [0.1, 0.15) is 5.75 Å². The number of rotatable bonds is 6. The number of carbonyl (C=O) groups is 2. The van der Waals surface area contributed by atoms with Crippen LogP contribution in [0.15, 0.2) is 42.5 Å². The van der Waals surface area contributed by atoms with Crippen LogP contribution in [0.1, 0.15) is 27.9 Å². The number of anilines is 1. The minimum Gasteiger partial charge on any atom is -0.496 e. The van der Waals surface area contributed by atoms with Crippen LogP contribution in [-0.4, -0.2) is 50.1 Å². The summed E-state index contributed by atoms with van der Waals surface area (Å²) in [5.74, 6) is 0.643. The quantitative estimate of drug-likeness (QED) is 0.834. The molecule has 0 saturated carbocycles. The van der Waals surface area contributed by atoms with Gasteiger partial charge in [0, 0.05) is 19.5 Å². The average Bonchev–Trinajstić information content (AvgIpc) is 2.73. The Bertz CT molecular complexity index is 844. The van der Waals surface area contributed by atoms with E-state index in [1.54, 1.807) is 24.1 Å². The Morgan fingerprint density at radius 2 is 1.89 bits per heavy atom. The highest BCUT2D eigenvalue weighted by molar-refractivity contribution is 6.03. The normalized spacial score (nSPS) is 13.9. The van der Waals surface area contributed by atoms with E-state index in [1.807, 2.05) is 37.3 Å². The maximum absolute atomic E-state index is 12.8. The molecule has 0 bridgehead atoms. The van der Waals surface area contributed by atoms with Crippen LogP contribution < -0.4 is 10.1 Å². The first-order chi connectivity index (χ1) is 13.6. The van der Waals surface area contributed by atoms with Gasteiger partial charge < -0.3 is 19.7 Å². The molecule has 0 atom stereocenters. The van der Waals surface area contributed by atoms with Crippen molar-refractivity contribution in [2.75, 3.05) is 38.7 Å². The fraction of sp³-hybridized carbons (Fsp3) is 0.364. The maximum Gasteiger partial charge on any atom is 0.256 e. The third-order valence-corrected chi connectivity index (χ3v) is 4.83. The lowest BCUT2D eigenvalue weighted by atomic mass is 10.1. The molecule has 0 spiro atoms. The number of hydrogen-bond donors (Lipinski definition) is 1. The molecular formula is C22H26N2O4. The molecule has 0 unspecified atom stereocenters. The predicted molar refractivity (Wildman–Crippen MR) is 108 cm³/mol. The van der Waals surface area contributed by atoms with E-state index < -0.39 is 0 Å². The van der Waals surface area contributed by atoms with Crippen LogP contribution >= 0.6 is 0 Å². The summed E-state index contributed by atoms with van der Waals surface area (Å²) in [5.41, 5.74) is 3.18. The molecule has 1 N–H and O–H groups in total. The zero-order chi connectivity index (χ0) is 19.9. The zero-order valence-electron chi connectivity index (χ0n) is 16.4. The third-order valence-electron chi connectivity index (χ3n) is 4.83. The Balaban J connectivity index is 1.62. The van der Waals surface area contributed by atoms with Gasteiger partial charge in [-0.15, -0.1) is 0 Å². The maximum atomic E-state index is 12.8. The van der Waals surface area contributed by atoms with Crippen molar-refractivity contribution in [3.63, 3.8) is 0 Å². The van der Waals surface area contributed by atoms with Crippen LogP contribution in [0.3, 0.4) is 0 Å². The Labute approximate surface area is 165 Å². The van der Waals surface area contributed by atoms with Crippen molar-refractivity contribution < 1.29 is 19.1 Å². The van der Waals surface area contributed by atoms with E-state index in [-0.39, 0.29) is 11.8 Å². The molecule has 0 radical (unpaired) electrons. The second kappa shape index (κ2) is 9.37. The van der Waals surface area contributed by atoms with Crippen LogP contribution in [0, 0.1) is 6.92 Å². The van der Waals surface area contributed by atoms with Crippen LogP contribution in [0.5, 0.6) is 5.75 Å². The third kappa shape index (κ3) is 4.89. The number of nitrogens with zero attached hydrogens (tertiary/aromatic N) is 1. The SMILES string of the molecule is COc1ccc(CCC(=O)Nc2ccccc2C(=O)N2CCOCC2)cc1C. The van der Waals surface area contributed by atoms with Crippen LogP contribution in [0.4, 0.5) is 5.69 Å². The van der Waals surface area contributed by atoms with Gasteiger partial charge in [0.05, 0.1) is 31.6 Å². The Kier molecular flexibility index (Phi) is 6.66. The molecule has 2 aromatic rings. The fourth-order valence-electron chi connectivity index (χ4n) is 3.28. The van der Waals surface area contributed by atoms with E-state index in [0.717, 1.165) is 16.9 Å². The molecule has 0 aromatic heterocycles. The molecule has 1 aliphatic heterocycles. The number of amides is 2. The Hall–Kier alpha value is -2.86. The lowest BCUT2D eigenvalue weighted by Crippen LogP contribution is -2.41. The topological polar surface area (TPSA) is 67.9 Å². The van der Waals surface area contributed by atoms with Crippen molar-refractivity contribution in [3.05, 3.63) is 59.2 Å². The molecule has 6 heteroatoms. The van der Waals surface area contributed by atoms with Crippen molar-refractivity contribution >= 4 is 17.5 Å². The van der Waals surface area contributed by atoms with Crippen molar-refractivity contribution in [1.82, 2.24) is 4.90 Å². The number of hydrogen-bond acceptors (Lipinski definition) is 4. The summed E-state index contributed by atoms with van der Waals surface area (Å²) in [6.45, 7) is 4.20. The minimum atomic E-state index is -0.115. The number of nitrogens with one attached hydrogen (secondary N) is 1. The first-order valence-electron chi connectivity index (χ1n) is 9.48. The number of para-hydroxylation sites is 1. The highest BCUT2D eigenvalue weighted by atomic mass is 16.5. The van der Waals surface area contributed by atoms with Gasteiger partial charge >= 0.3 is 0 Å². The minimum absolute atomic E-state index is 0.0787. The molecule has 1 aliphatic rings. The number of methoxy groups -OCH3 is 1. The van der Waals surface area contributed by atoms with E-state index in [0.29, 0.717) is 50.4 Å². The van der Waals surface area contributed by atoms with Crippen molar-refractivity contribution in [3.8, 4) is 5.75 Å². The first-order valence-corrected chi connectivity index (χ1v) is 9.48. The second-order valence-corrected chi connectivity index (χ2v) is 6.80. The van der Waals surface area contributed by atoms with Gasteiger partial charge in [-0.2, -0.15) is 0 Å². The highest BCUT2D eigenvalue weighted by Crippen LogP contribution is 2.21. The number of benzene rings is 2. The Morgan fingerprint density at radius 3 is 2.61 bits per heavy atom. The van der Waals surface area contributed by atoms with Gasteiger partial charge in [0.25, 0.3) is 5.91 Å². The molecular weight excluding hydrogens is 356 g/mol. The zero-order valence-corrected chi connectivity index (χ0v) is 16.4. The summed E-state index contributed by atoms with van der Waals surface area (Å²) in [7, 11) is 1.64. The van der Waals surface area contributed by atoms with Gasteiger partial charge in [0.15, 0.2) is 0 Å². The number of aryl methyl sites for hydroxylation is 2. The van der Waals surface area contributed by atoms with Crippen molar-refractivity contribution in [1.29, 1.82) is 0 Å². The summed E-state index contributed by atoms with van der Waals surface area (Å²) in [6, 6.07) is 13.1. The summed E-state index contributed by atoms with van der Waals surface area (Å²) >= 11 is 0. The fourth-order valence-corrected chi connectivity index (χ4v) is 3.28. The van der Waals surface area contributed by atoms with E-state index in [4.69, 9.17) is 9.47 Å². The molecule has 0 aliphatic carbocycles. The summed E-state index contributed by atoms with van der Waals surface area (Å²) < 4.78 is 10.6. The molecule has 1 saturated heterocycles. The van der Waals surface area contributed by atoms with Gasteiger partial charge in [-0.05, 0) is 42.7 Å². The standard InChI is InChI=1S/C22H26N2O4/c1-16-15-17(7-9-20(16)27-2)8-10-21(25)23-19-6-4-3-5-18(19)22(26)24-11-13-28-14-12-24/h3-7,9,15H,8,10-14H2,1-2H3,(H,23,25). The predicted octanol–water partition coefficient (Wildman–Crippen LogP) is 3.05. The van der Waals surface area contributed by atoms with Gasteiger partial charge in [-0.1, -0.05) is 24.3 Å². The monoisotopic (exact) mass is 382 g/mol. The number of carbonyl (C=O) groups excluding carboxylic acids is 2. The highest BCUT2D eigenvalue weighted by Gasteiger charge is 2.21. The van der Waals surface area contributed by atoms with E-state index in [2.05, 4.69) is 5.32 Å². The average molecular weight is 382 g/mol. The van der Waals surface area contributed by atoms with E-state index >= 15 is 0 Å². The molecule has 3 rings (SSSR count). The van der Waals surface area contributed by atoms with Crippen LogP contribution in [0.2, 0.25) is 0 Å². The lowest BCUT2D eigenvalue weighted by molar-refractivity contribution is -0.116. The van der Waals surface area contributed by atoms with Crippen LogP contribution in [0.25, 0.3) is 0 Å². The number of morpholine rings is 1. The van der Waals surface area contributed by atoms with Gasteiger partial charge in [0.2, 0.25) is 5.91 Å². The van der Waals surface area contributed by atoms with Crippen molar-refractivity contribution in [2.45, 2.75) is 19.8 Å². The molecule has 1 fully saturated rings. The summed E-state index contributed by atoms with van der Waals surface area (Å²) in [6.07, 6.45) is 0.960.